The molecule has 1 saturated heterocycles. The minimum absolute atomic E-state index is 0.410. The molecule has 0 aromatic rings. The predicted molar refractivity (Wildman–Crippen MR) is 48.0 cm³/mol. The van der Waals surface area contributed by atoms with Crippen LogP contribution in [0.3, 0.4) is 0 Å². The SMILES string of the molecule is CC(CN)COC1CCOCC1. The fraction of sp³-hybridized carbons (Fsp3) is 1.00. The molecule has 1 aliphatic heterocycles. The molecule has 0 aromatic heterocycles. The highest BCUT2D eigenvalue weighted by molar-refractivity contribution is 4.63. The van der Waals surface area contributed by atoms with Crippen LogP contribution < -0.4 is 5.73 Å². The lowest BCUT2D eigenvalue weighted by atomic mass is 10.1. The fourth-order valence-corrected chi connectivity index (χ4v) is 1.21. The molecule has 1 unspecified atom stereocenters. The van der Waals surface area contributed by atoms with Gasteiger partial charge in [-0.2, -0.15) is 0 Å². The molecule has 1 fully saturated rings. The van der Waals surface area contributed by atoms with E-state index in [1.54, 1.807) is 0 Å². The Bertz CT molecular complexity index is 113. The van der Waals surface area contributed by atoms with Crippen LogP contribution in [0.2, 0.25) is 0 Å². The zero-order valence-corrected chi connectivity index (χ0v) is 7.79. The summed E-state index contributed by atoms with van der Waals surface area (Å²) >= 11 is 0. The smallest absolute Gasteiger partial charge is 0.0619 e. The lowest BCUT2D eigenvalue weighted by Gasteiger charge is -2.23. The van der Waals surface area contributed by atoms with Crippen molar-refractivity contribution in [2.24, 2.45) is 11.7 Å². The lowest BCUT2D eigenvalue weighted by molar-refractivity contribution is -0.0403. The fourth-order valence-electron chi connectivity index (χ4n) is 1.21. The minimum Gasteiger partial charge on any atom is -0.381 e. The summed E-state index contributed by atoms with van der Waals surface area (Å²) in [5, 5.41) is 0. The van der Waals surface area contributed by atoms with E-state index in [1.807, 2.05) is 0 Å². The Hall–Kier alpha value is -0.120. The first-order valence-corrected chi connectivity index (χ1v) is 4.72. The first-order chi connectivity index (χ1) is 5.83. The second-order valence-corrected chi connectivity index (χ2v) is 3.49. The van der Waals surface area contributed by atoms with Gasteiger partial charge < -0.3 is 15.2 Å². The standard InChI is InChI=1S/C9H19NO2/c1-8(6-10)7-12-9-2-4-11-5-3-9/h8-9H,2-7,10H2,1H3. The number of nitrogens with two attached hydrogens (primary N) is 1. The Kier molecular flexibility index (Phi) is 4.58. The molecule has 2 N–H and O–H groups in total. The highest BCUT2D eigenvalue weighted by Crippen LogP contribution is 2.11. The normalized spacial score (nSPS) is 22.5. The van der Waals surface area contributed by atoms with Gasteiger partial charge in [0.1, 0.15) is 0 Å². The monoisotopic (exact) mass is 173 g/mol. The zero-order valence-electron chi connectivity index (χ0n) is 7.79. The van der Waals surface area contributed by atoms with E-state index in [-0.39, 0.29) is 0 Å². The van der Waals surface area contributed by atoms with Crippen LogP contribution in [-0.4, -0.2) is 32.5 Å². The van der Waals surface area contributed by atoms with Crippen molar-refractivity contribution in [3.63, 3.8) is 0 Å². The van der Waals surface area contributed by atoms with Crippen molar-refractivity contribution in [1.82, 2.24) is 0 Å². The molecular weight excluding hydrogens is 154 g/mol. The van der Waals surface area contributed by atoms with Crippen LogP contribution in [0.25, 0.3) is 0 Å². The summed E-state index contributed by atoms with van der Waals surface area (Å²) in [7, 11) is 0. The molecular formula is C9H19NO2. The molecule has 3 nitrogen and oxygen atoms in total. The number of hydrogen-bond donors (Lipinski definition) is 1. The first-order valence-electron chi connectivity index (χ1n) is 4.72. The van der Waals surface area contributed by atoms with Crippen molar-refractivity contribution < 1.29 is 9.47 Å². The van der Waals surface area contributed by atoms with Gasteiger partial charge in [-0.25, -0.2) is 0 Å². The second kappa shape index (κ2) is 5.51. The van der Waals surface area contributed by atoms with E-state index in [1.165, 1.54) is 0 Å². The molecule has 0 saturated carbocycles. The summed E-state index contributed by atoms with van der Waals surface area (Å²) in [4.78, 5) is 0. The van der Waals surface area contributed by atoms with E-state index in [0.717, 1.165) is 32.7 Å². The summed E-state index contributed by atoms with van der Waals surface area (Å²) in [6, 6.07) is 0. The van der Waals surface area contributed by atoms with Crippen LogP contribution >= 0.6 is 0 Å². The average molecular weight is 173 g/mol. The van der Waals surface area contributed by atoms with E-state index < -0.39 is 0 Å². The van der Waals surface area contributed by atoms with Crippen molar-refractivity contribution in [2.45, 2.75) is 25.9 Å². The van der Waals surface area contributed by atoms with Crippen molar-refractivity contribution in [3.05, 3.63) is 0 Å². The molecule has 0 bridgehead atoms. The van der Waals surface area contributed by atoms with Gasteiger partial charge in [0.25, 0.3) is 0 Å². The lowest BCUT2D eigenvalue weighted by Crippen LogP contribution is -2.27. The first kappa shape index (κ1) is 9.96. The van der Waals surface area contributed by atoms with Crippen molar-refractivity contribution in [1.29, 1.82) is 0 Å². The topological polar surface area (TPSA) is 44.5 Å². The molecule has 3 heteroatoms. The van der Waals surface area contributed by atoms with Crippen molar-refractivity contribution >= 4 is 0 Å². The van der Waals surface area contributed by atoms with Gasteiger partial charge in [-0.05, 0) is 25.3 Å². The third-order valence-corrected chi connectivity index (χ3v) is 2.19. The highest BCUT2D eigenvalue weighted by Gasteiger charge is 2.14. The molecule has 0 spiro atoms. The maximum atomic E-state index is 5.68. The van der Waals surface area contributed by atoms with E-state index in [2.05, 4.69) is 6.92 Å². The van der Waals surface area contributed by atoms with Crippen LogP contribution in [0, 0.1) is 5.92 Å². The number of hydrogen-bond acceptors (Lipinski definition) is 3. The molecule has 0 radical (unpaired) electrons. The second-order valence-electron chi connectivity index (χ2n) is 3.49. The summed E-state index contributed by atoms with van der Waals surface area (Å²) < 4.78 is 10.9. The van der Waals surface area contributed by atoms with Gasteiger partial charge in [-0.1, -0.05) is 6.92 Å². The Labute approximate surface area is 74.2 Å². The molecule has 72 valence electrons. The quantitative estimate of drug-likeness (QED) is 0.683. The maximum absolute atomic E-state index is 5.68. The van der Waals surface area contributed by atoms with Gasteiger partial charge in [0.2, 0.25) is 0 Å². The molecule has 0 amide bonds. The van der Waals surface area contributed by atoms with E-state index >= 15 is 0 Å². The van der Waals surface area contributed by atoms with Gasteiger partial charge >= 0.3 is 0 Å². The predicted octanol–water partition coefficient (Wildman–Crippen LogP) is 0.777. The molecule has 0 aliphatic carbocycles. The molecule has 0 aromatic carbocycles. The number of rotatable bonds is 4. The summed E-state index contributed by atoms with van der Waals surface area (Å²) in [5.74, 6) is 0.479. The van der Waals surface area contributed by atoms with Gasteiger partial charge in [0, 0.05) is 13.2 Å². The third kappa shape index (κ3) is 3.52. The van der Waals surface area contributed by atoms with Crippen LogP contribution in [0.15, 0.2) is 0 Å². The van der Waals surface area contributed by atoms with Crippen LogP contribution in [0.5, 0.6) is 0 Å². The van der Waals surface area contributed by atoms with E-state index in [4.69, 9.17) is 15.2 Å². The zero-order chi connectivity index (χ0) is 8.81. The Morgan fingerprint density at radius 1 is 1.50 bits per heavy atom. The van der Waals surface area contributed by atoms with Gasteiger partial charge in [-0.15, -0.1) is 0 Å². The molecule has 1 rings (SSSR count). The van der Waals surface area contributed by atoms with Gasteiger partial charge in [-0.3, -0.25) is 0 Å². The highest BCUT2D eigenvalue weighted by atomic mass is 16.5. The summed E-state index contributed by atoms with van der Waals surface area (Å²) in [6.07, 6.45) is 2.49. The van der Waals surface area contributed by atoms with Gasteiger partial charge in [0.15, 0.2) is 0 Å². The van der Waals surface area contributed by atoms with Crippen molar-refractivity contribution in [3.8, 4) is 0 Å². The van der Waals surface area contributed by atoms with E-state index in [0.29, 0.717) is 18.6 Å². The maximum Gasteiger partial charge on any atom is 0.0619 e. The molecule has 1 heterocycles. The Balaban J connectivity index is 2.05. The average Bonchev–Trinajstić information content (AvgIpc) is 2.16. The molecule has 12 heavy (non-hydrogen) atoms. The largest absolute Gasteiger partial charge is 0.381 e. The third-order valence-electron chi connectivity index (χ3n) is 2.19. The van der Waals surface area contributed by atoms with Crippen LogP contribution in [0.4, 0.5) is 0 Å². The Morgan fingerprint density at radius 2 is 2.17 bits per heavy atom. The minimum atomic E-state index is 0.410. The number of ether oxygens (including phenoxy) is 2. The Morgan fingerprint density at radius 3 is 2.75 bits per heavy atom. The van der Waals surface area contributed by atoms with Crippen LogP contribution in [0.1, 0.15) is 19.8 Å². The molecule has 1 aliphatic rings. The van der Waals surface area contributed by atoms with E-state index in [9.17, 15) is 0 Å². The molecule has 1 atom stereocenters. The summed E-state index contributed by atoms with van der Waals surface area (Å²) in [6.45, 7) is 5.31. The van der Waals surface area contributed by atoms with Crippen molar-refractivity contribution in [2.75, 3.05) is 26.4 Å². The van der Waals surface area contributed by atoms with Crippen LogP contribution in [-0.2, 0) is 9.47 Å². The summed E-state index contributed by atoms with van der Waals surface area (Å²) in [5.41, 5.74) is 5.48. The van der Waals surface area contributed by atoms with Gasteiger partial charge in [0.05, 0.1) is 12.7 Å².